The second-order valence-electron chi connectivity index (χ2n) is 4.20. The van der Waals surface area contributed by atoms with Crippen LogP contribution in [0.1, 0.15) is 20.3 Å². The molecule has 1 N–H and O–H groups in total. The number of hydrogen-bond donors (Lipinski definition) is 1. The highest BCUT2D eigenvalue weighted by molar-refractivity contribution is 7.71. The first kappa shape index (κ1) is 13.7. The maximum atomic E-state index is 13.4. The zero-order valence-electron chi connectivity index (χ0n) is 11.1. The van der Waals surface area contributed by atoms with Crippen LogP contribution in [0.4, 0.5) is 16.0 Å². The van der Waals surface area contributed by atoms with E-state index < -0.39 is 0 Å². The summed E-state index contributed by atoms with van der Waals surface area (Å²) in [6.07, 6.45) is 0.960. The predicted octanol–water partition coefficient (Wildman–Crippen LogP) is 3.65. The first-order valence-electron chi connectivity index (χ1n) is 6.35. The summed E-state index contributed by atoms with van der Waals surface area (Å²) >= 11 is 5.23. The minimum absolute atomic E-state index is 0.257. The molecule has 0 radical (unpaired) electrons. The summed E-state index contributed by atoms with van der Waals surface area (Å²) in [5.41, 5.74) is 0.772. The average Bonchev–Trinajstić information content (AvgIpc) is 2.74. The second-order valence-corrected chi connectivity index (χ2v) is 4.59. The summed E-state index contributed by atoms with van der Waals surface area (Å²) in [5.74, 6) is 0.465. The molecule has 0 amide bonds. The van der Waals surface area contributed by atoms with Gasteiger partial charge in [0.05, 0.1) is 0 Å². The molecule has 0 aliphatic rings. The maximum Gasteiger partial charge on any atom is 0.230 e. The molecule has 0 unspecified atom stereocenters. The van der Waals surface area contributed by atoms with Crippen molar-refractivity contribution in [2.24, 2.45) is 0 Å². The van der Waals surface area contributed by atoms with Crippen molar-refractivity contribution < 1.29 is 4.39 Å². The topological polar surface area (TPSA) is 36.9 Å². The predicted molar refractivity (Wildman–Crippen MR) is 76.8 cm³/mol. The molecule has 1 aromatic heterocycles. The Hall–Kier alpha value is -1.69. The molecule has 0 aliphatic heterocycles. The smallest absolute Gasteiger partial charge is 0.230 e. The number of aromatic amines is 1. The van der Waals surface area contributed by atoms with E-state index in [0.29, 0.717) is 11.3 Å². The Morgan fingerprint density at radius 2 is 2.21 bits per heavy atom. The van der Waals surface area contributed by atoms with Crippen LogP contribution in [0.15, 0.2) is 24.3 Å². The Morgan fingerprint density at radius 1 is 1.42 bits per heavy atom. The molecule has 1 heterocycles. The van der Waals surface area contributed by atoms with Gasteiger partial charge in [-0.15, -0.1) is 5.10 Å². The van der Waals surface area contributed by atoms with Gasteiger partial charge in [-0.05, 0) is 43.8 Å². The normalized spacial score (nSPS) is 10.7. The van der Waals surface area contributed by atoms with E-state index in [1.54, 1.807) is 6.07 Å². The summed E-state index contributed by atoms with van der Waals surface area (Å²) in [6.45, 7) is 5.55. The number of nitrogens with zero attached hydrogens (tertiary/aromatic N) is 3. The van der Waals surface area contributed by atoms with Gasteiger partial charge in [0.25, 0.3) is 0 Å². The van der Waals surface area contributed by atoms with Crippen LogP contribution in [0, 0.1) is 10.6 Å². The molecule has 0 fully saturated rings. The molecular formula is C13H17FN4S. The van der Waals surface area contributed by atoms with E-state index in [1.165, 1.54) is 12.1 Å². The number of rotatable bonds is 5. The lowest BCUT2D eigenvalue weighted by molar-refractivity contribution is 0.626. The highest BCUT2D eigenvalue weighted by atomic mass is 32.1. The van der Waals surface area contributed by atoms with E-state index in [-0.39, 0.29) is 5.82 Å². The average molecular weight is 280 g/mol. The van der Waals surface area contributed by atoms with Crippen LogP contribution in [0.3, 0.4) is 0 Å². The van der Waals surface area contributed by atoms with Crippen LogP contribution in [-0.4, -0.2) is 21.3 Å². The number of aromatic nitrogens is 3. The lowest BCUT2D eigenvalue weighted by atomic mass is 10.3. The monoisotopic (exact) mass is 280 g/mol. The third-order valence-corrected chi connectivity index (χ3v) is 3.17. The van der Waals surface area contributed by atoms with Crippen LogP contribution in [0.2, 0.25) is 0 Å². The van der Waals surface area contributed by atoms with Gasteiger partial charge in [-0.3, -0.25) is 4.57 Å². The third-order valence-electron chi connectivity index (χ3n) is 2.86. The van der Waals surface area contributed by atoms with Crippen LogP contribution in [0.25, 0.3) is 0 Å². The lowest BCUT2D eigenvalue weighted by Gasteiger charge is -2.22. The first-order chi connectivity index (χ1) is 9.17. The van der Waals surface area contributed by atoms with Gasteiger partial charge in [0, 0.05) is 18.8 Å². The molecule has 0 saturated heterocycles. The molecule has 6 heteroatoms. The molecule has 19 heavy (non-hydrogen) atoms. The van der Waals surface area contributed by atoms with E-state index in [4.69, 9.17) is 12.2 Å². The fraction of sp³-hybridized carbons (Fsp3) is 0.385. The van der Waals surface area contributed by atoms with Crippen LogP contribution < -0.4 is 4.90 Å². The molecule has 102 valence electrons. The van der Waals surface area contributed by atoms with Crippen molar-refractivity contribution in [3.63, 3.8) is 0 Å². The van der Waals surface area contributed by atoms with Gasteiger partial charge in [-0.2, -0.15) is 0 Å². The van der Waals surface area contributed by atoms with Crippen molar-refractivity contribution in [1.82, 2.24) is 14.8 Å². The largest absolute Gasteiger partial charge is 0.311 e. The molecule has 0 saturated carbocycles. The zero-order valence-corrected chi connectivity index (χ0v) is 11.9. The summed E-state index contributed by atoms with van der Waals surface area (Å²) in [5, 5.41) is 7.06. The van der Waals surface area contributed by atoms with Crippen molar-refractivity contribution in [2.45, 2.75) is 26.8 Å². The summed E-state index contributed by atoms with van der Waals surface area (Å²) < 4.78 is 15.9. The number of halogens is 1. The van der Waals surface area contributed by atoms with Crippen molar-refractivity contribution in [2.75, 3.05) is 11.4 Å². The van der Waals surface area contributed by atoms with Crippen molar-refractivity contribution in [3.8, 4) is 0 Å². The van der Waals surface area contributed by atoms with Gasteiger partial charge in [-0.25, -0.2) is 9.49 Å². The van der Waals surface area contributed by atoms with Gasteiger partial charge >= 0.3 is 0 Å². The quantitative estimate of drug-likeness (QED) is 0.849. The minimum atomic E-state index is -0.257. The highest BCUT2D eigenvalue weighted by Crippen LogP contribution is 2.24. The van der Waals surface area contributed by atoms with Crippen molar-refractivity contribution in [3.05, 3.63) is 34.9 Å². The molecule has 2 rings (SSSR count). The first-order valence-corrected chi connectivity index (χ1v) is 6.76. The Kier molecular flexibility index (Phi) is 4.31. The number of H-pyrrole nitrogens is 1. The van der Waals surface area contributed by atoms with E-state index in [1.807, 2.05) is 22.5 Å². The minimum Gasteiger partial charge on any atom is -0.311 e. The molecular weight excluding hydrogens is 263 g/mol. The summed E-state index contributed by atoms with van der Waals surface area (Å²) in [4.78, 5) is 1.94. The van der Waals surface area contributed by atoms with Gasteiger partial charge in [-0.1, -0.05) is 13.0 Å². The van der Waals surface area contributed by atoms with Crippen molar-refractivity contribution in [1.29, 1.82) is 0 Å². The van der Waals surface area contributed by atoms with Gasteiger partial charge in [0.15, 0.2) is 4.77 Å². The number of hydrogen-bond acceptors (Lipinski definition) is 3. The highest BCUT2D eigenvalue weighted by Gasteiger charge is 2.15. The molecule has 0 atom stereocenters. The molecule has 0 aliphatic carbocycles. The Morgan fingerprint density at radius 3 is 2.84 bits per heavy atom. The zero-order chi connectivity index (χ0) is 13.8. The van der Waals surface area contributed by atoms with Gasteiger partial charge in [0.1, 0.15) is 5.82 Å². The van der Waals surface area contributed by atoms with Gasteiger partial charge in [0.2, 0.25) is 5.95 Å². The van der Waals surface area contributed by atoms with Crippen molar-refractivity contribution >= 4 is 23.9 Å². The van der Waals surface area contributed by atoms with Gasteiger partial charge < -0.3 is 4.90 Å². The van der Waals surface area contributed by atoms with E-state index in [2.05, 4.69) is 17.1 Å². The van der Waals surface area contributed by atoms with E-state index in [0.717, 1.165) is 24.6 Å². The number of benzene rings is 1. The van der Waals surface area contributed by atoms with Crippen LogP contribution in [-0.2, 0) is 6.54 Å². The molecule has 4 nitrogen and oxygen atoms in total. The molecule has 1 aromatic carbocycles. The third kappa shape index (κ3) is 2.84. The maximum absolute atomic E-state index is 13.4. The molecule has 2 aromatic rings. The second kappa shape index (κ2) is 5.97. The van der Waals surface area contributed by atoms with Crippen LogP contribution in [0.5, 0.6) is 0 Å². The number of nitrogens with one attached hydrogen (secondary N) is 1. The summed E-state index contributed by atoms with van der Waals surface area (Å²) in [7, 11) is 0. The fourth-order valence-electron chi connectivity index (χ4n) is 2.02. The standard InChI is InChI=1S/C13H17FN4S/c1-3-8-18-12(15-16-13(18)19)17(4-2)11-7-5-6-10(14)9-11/h5-7,9H,3-4,8H2,1-2H3,(H,16,19). The summed E-state index contributed by atoms with van der Waals surface area (Å²) in [6, 6.07) is 6.48. The molecule has 0 spiro atoms. The van der Waals surface area contributed by atoms with E-state index >= 15 is 0 Å². The number of anilines is 2. The van der Waals surface area contributed by atoms with Crippen LogP contribution >= 0.6 is 12.2 Å². The molecule has 0 bridgehead atoms. The Bertz CT molecular complexity index is 605. The Labute approximate surface area is 116 Å². The Balaban J connectivity index is 2.45. The SMILES string of the molecule is CCCn1c(N(CC)c2cccc(F)c2)n[nH]c1=S. The van der Waals surface area contributed by atoms with E-state index in [9.17, 15) is 4.39 Å². The fourth-order valence-corrected chi connectivity index (χ4v) is 2.24. The lowest BCUT2D eigenvalue weighted by Crippen LogP contribution is -2.21.